The number of carbonyl (C=O) groups is 1. The summed E-state index contributed by atoms with van der Waals surface area (Å²) in [5, 5.41) is 0. The van der Waals surface area contributed by atoms with Crippen LogP contribution in [0.4, 0.5) is 0 Å². The van der Waals surface area contributed by atoms with Crippen LogP contribution in [0.25, 0.3) is 0 Å². The monoisotopic (exact) mass is 361 g/mol. The first-order valence-electron chi connectivity index (χ1n) is 5.39. The van der Waals surface area contributed by atoms with Crippen LogP contribution in [0.5, 0.6) is 0 Å². The zero-order valence-corrected chi connectivity index (χ0v) is 12.6. The van der Waals surface area contributed by atoms with Crippen molar-refractivity contribution in [3.05, 3.63) is 32.7 Å². The van der Waals surface area contributed by atoms with Crippen LogP contribution in [0.3, 0.4) is 0 Å². The molecule has 1 aliphatic heterocycles. The van der Waals surface area contributed by atoms with Gasteiger partial charge in [0.2, 0.25) is 0 Å². The summed E-state index contributed by atoms with van der Waals surface area (Å²) in [4.78, 5) is 14.1. The number of carbonyl (C=O) groups excluding carboxylic acids is 1. The first kappa shape index (κ1) is 13.1. The van der Waals surface area contributed by atoms with Crippen molar-refractivity contribution in [1.29, 1.82) is 0 Å². The summed E-state index contributed by atoms with van der Waals surface area (Å²) in [7, 11) is 1.69. The molecule has 2 rings (SSSR count). The lowest BCUT2D eigenvalue weighted by Gasteiger charge is -2.17. The predicted octanol–water partition coefficient (Wildman–Crippen LogP) is 3.07. The van der Waals surface area contributed by atoms with Gasteiger partial charge in [0.1, 0.15) is 0 Å². The molecule has 3 nitrogen and oxygen atoms in total. The van der Waals surface area contributed by atoms with Gasteiger partial charge < -0.3 is 9.64 Å². The van der Waals surface area contributed by atoms with Gasteiger partial charge in [-0.05, 0) is 40.5 Å². The van der Waals surface area contributed by atoms with E-state index in [0.717, 1.165) is 21.9 Å². The molecule has 0 spiro atoms. The van der Waals surface area contributed by atoms with E-state index in [1.54, 1.807) is 7.11 Å². The van der Waals surface area contributed by atoms with E-state index in [4.69, 9.17) is 4.74 Å². The maximum Gasteiger partial charge on any atom is 0.255 e. The summed E-state index contributed by atoms with van der Waals surface area (Å²) >= 11 is 6.79. The molecule has 1 aromatic rings. The van der Waals surface area contributed by atoms with E-state index in [-0.39, 0.29) is 12.0 Å². The molecule has 0 bridgehead atoms. The number of halogens is 2. The smallest absolute Gasteiger partial charge is 0.255 e. The molecule has 0 aliphatic carbocycles. The average molecular weight is 363 g/mol. The predicted molar refractivity (Wildman–Crippen MR) is 73.2 cm³/mol. The number of likely N-dealkylation sites (tertiary alicyclic amines) is 1. The minimum absolute atomic E-state index is 0.0534. The molecular weight excluding hydrogens is 350 g/mol. The molecule has 1 heterocycles. The van der Waals surface area contributed by atoms with Gasteiger partial charge >= 0.3 is 0 Å². The Bertz CT molecular complexity index is 437. The fourth-order valence-corrected chi connectivity index (χ4v) is 2.71. The van der Waals surface area contributed by atoms with Crippen molar-refractivity contribution >= 4 is 37.8 Å². The maximum absolute atomic E-state index is 12.3. The molecule has 0 N–H and O–H groups in total. The van der Waals surface area contributed by atoms with Crippen molar-refractivity contribution in [3.63, 3.8) is 0 Å². The van der Waals surface area contributed by atoms with Gasteiger partial charge in [-0.3, -0.25) is 4.79 Å². The summed E-state index contributed by atoms with van der Waals surface area (Å²) in [5.74, 6) is 0.0534. The Morgan fingerprint density at radius 2 is 2.24 bits per heavy atom. The molecule has 1 fully saturated rings. The maximum atomic E-state index is 12.3. The number of rotatable bonds is 2. The van der Waals surface area contributed by atoms with Gasteiger partial charge in [-0.1, -0.05) is 15.9 Å². The summed E-state index contributed by atoms with van der Waals surface area (Å²) in [6.07, 6.45) is 1.08. The van der Waals surface area contributed by atoms with Crippen molar-refractivity contribution in [2.24, 2.45) is 0 Å². The van der Waals surface area contributed by atoms with Crippen LogP contribution < -0.4 is 0 Å². The van der Waals surface area contributed by atoms with Crippen molar-refractivity contribution in [1.82, 2.24) is 4.90 Å². The molecule has 1 atom stereocenters. The lowest BCUT2D eigenvalue weighted by molar-refractivity contribution is 0.0723. The Kier molecular flexibility index (Phi) is 4.22. The van der Waals surface area contributed by atoms with E-state index in [1.165, 1.54) is 0 Å². The molecule has 5 heteroatoms. The fraction of sp³-hybridized carbons (Fsp3) is 0.417. The van der Waals surface area contributed by atoms with Crippen LogP contribution in [-0.4, -0.2) is 37.1 Å². The van der Waals surface area contributed by atoms with Crippen LogP contribution in [0.2, 0.25) is 0 Å². The molecule has 0 saturated carbocycles. The lowest BCUT2D eigenvalue weighted by atomic mass is 10.2. The fourth-order valence-electron chi connectivity index (χ4n) is 1.94. The Morgan fingerprint density at radius 1 is 1.47 bits per heavy atom. The quantitative estimate of drug-likeness (QED) is 0.809. The van der Waals surface area contributed by atoms with Gasteiger partial charge in [0.05, 0.1) is 11.7 Å². The standard InChI is InChI=1S/C12H13Br2NO2/c1-17-9-4-5-15(7-9)12(16)10-6-8(13)2-3-11(10)14/h2-3,6,9H,4-5,7H2,1H3. The number of amides is 1. The van der Waals surface area contributed by atoms with Gasteiger partial charge in [0, 0.05) is 29.1 Å². The lowest BCUT2D eigenvalue weighted by Crippen LogP contribution is -2.30. The highest BCUT2D eigenvalue weighted by Crippen LogP contribution is 2.24. The first-order chi connectivity index (χ1) is 8.11. The second-order valence-electron chi connectivity index (χ2n) is 4.02. The molecule has 1 unspecified atom stereocenters. The summed E-state index contributed by atoms with van der Waals surface area (Å²) < 4.78 is 7.00. The first-order valence-corrected chi connectivity index (χ1v) is 6.97. The number of hydrogen-bond acceptors (Lipinski definition) is 2. The molecule has 1 aliphatic rings. The minimum atomic E-state index is 0.0534. The topological polar surface area (TPSA) is 29.5 Å². The van der Waals surface area contributed by atoms with Gasteiger partial charge in [-0.15, -0.1) is 0 Å². The Morgan fingerprint density at radius 3 is 2.88 bits per heavy atom. The van der Waals surface area contributed by atoms with Crippen LogP contribution >= 0.6 is 31.9 Å². The third kappa shape index (κ3) is 2.89. The van der Waals surface area contributed by atoms with E-state index in [0.29, 0.717) is 12.1 Å². The van der Waals surface area contributed by atoms with Crippen LogP contribution in [0, 0.1) is 0 Å². The van der Waals surface area contributed by atoms with Crippen LogP contribution in [0.1, 0.15) is 16.8 Å². The SMILES string of the molecule is COC1CCN(C(=O)c2cc(Br)ccc2Br)C1. The third-order valence-corrected chi connectivity index (χ3v) is 4.11. The third-order valence-electron chi connectivity index (χ3n) is 2.92. The van der Waals surface area contributed by atoms with Crippen molar-refractivity contribution < 1.29 is 9.53 Å². The van der Waals surface area contributed by atoms with Gasteiger partial charge in [0.25, 0.3) is 5.91 Å². The number of methoxy groups -OCH3 is 1. The normalized spacial score (nSPS) is 19.7. The van der Waals surface area contributed by atoms with Gasteiger partial charge in [-0.2, -0.15) is 0 Å². The van der Waals surface area contributed by atoms with E-state index in [2.05, 4.69) is 31.9 Å². The summed E-state index contributed by atoms with van der Waals surface area (Å²) in [5.41, 5.74) is 0.691. The zero-order chi connectivity index (χ0) is 12.4. The second kappa shape index (κ2) is 5.50. The average Bonchev–Trinajstić information content (AvgIpc) is 2.80. The van der Waals surface area contributed by atoms with Gasteiger partial charge in [0.15, 0.2) is 0 Å². The molecule has 1 amide bonds. The summed E-state index contributed by atoms with van der Waals surface area (Å²) in [6, 6.07) is 5.62. The molecule has 17 heavy (non-hydrogen) atoms. The Hall–Kier alpha value is -0.390. The van der Waals surface area contributed by atoms with Crippen molar-refractivity contribution in [2.75, 3.05) is 20.2 Å². The van der Waals surface area contributed by atoms with Gasteiger partial charge in [-0.25, -0.2) is 0 Å². The number of nitrogens with zero attached hydrogens (tertiary/aromatic N) is 1. The highest BCUT2D eigenvalue weighted by molar-refractivity contribution is 9.11. The largest absolute Gasteiger partial charge is 0.380 e. The molecule has 92 valence electrons. The second-order valence-corrected chi connectivity index (χ2v) is 5.79. The minimum Gasteiger partial charge on any atom is -0.380 e. The molecule has 0 radical (unpaired) electrons. The number of ether oxygens (including phenoxy) is 1. The highest BCUT2D eigenvalue weighted by Gasteiger charge is 2.27. The van der Waals surface area contributed by atoms with Crippen LogP contribution in [0.15, 0.2) is 27.1 Å². The zero-order valence-electron chi connectivity index (χ0n) is 9.45. The van der Waals surface area contributed by atoms with E-state index in [1.807, 2.05) is 23.1 Å². The van der Waals surface area contributed by atoms with Crippen LogP contribution in [-0.2, 0) is 4.74 Å². The highest BCUT2D eigenvalue weighted by atomic mass is 79.9. The molecule has 1 aromatic carbocycles. The molecule has 0 aromatic heterocycles. The Balaban J connectivity index is 2.17. The Labute approximate surface area is 117 Å². The van der Waals surface area contributed by atoms with E-state index in [9.17, 15) is 4.79 Å². The van der Waals surface area contributed by atoms with E-state index >= 15 is 0 Å². The van der Waals surface area contributed by atoms with Crippen molar-refractivity contribution in [3.8, 4) is 0 Å². The number of benzene rings is 1. The number of hydrogen-bond donors (Lipinski definition) is 0. The van der Waals surface area contributed by atoms with Crippen molar-refractivity contribution in [2.45, 2.75) is 12.5 Å². The van der Waals surface area contributed by atoms with E-state index < -0.39 is 0 Å². The molecule has 1 saturated heterocycles. The summed E-state index contributed by atoms with van der Waals surface area (Å²) in [6.45, 7) is 1.44. The molecular formula is C12H13Br2NO2.